The number of ether oxygens (including phenoxy) is 4. The molecule has 2 atom stereocenters. The van der Waals surface area contributed by atoms with Gasteiger partial charge in [0.15, 0.2) is 23.0 Å². The third-order valence-electron chi connectivity index (χ3n) is 4.38. The van der Waals surface area contributed by atoms with Gasteiger partial charge in [0.2, 0.25) is 0 Å². The first-order valence-corrected chi connectivity index (χ1v) is 8.13. The molecule has 0 radical (unpaired) electrons. The number of aliphatic carboxylic acids is 1. The summed E-state index contributed by atoms with van der Waals surface area (Å²) in [5, 5.41) is 9.30. The van der Waals surface area contributed by atoms with Crippen molar-refractivity contribution in [1.29, 1.82) is 0 Å². The maximum absolute atomic E-state index is 11.4. The number of nitrogens with two attached hydrogens (primary N) is 1. The van der Waals surface area contributed by atoms with Gasteiger partial charge in [-0.05, 0) is 25.7 Å². The number of hydrogen-bond donors (Lipinski definition) is 2. The van der Waals surface area contributed by atoms with Crippen molar-refractivity contribution in [1.82, 2.24) is 0 Å². The molecule has 7 nitrogen and oxygen atoms in total. The fourth-order valence-corrected chi connectivity index (χ4v) is 2.92. The van der Waals surface area contributed by atoms with Gasteiger partial charge >= 0.3 is 5.97 Å². The molecule has 2 unspecified atom stereocenters. The molecule has 0 saturated heterocycles. The van der Waals surface area contributed by atoms with E-state index in [4.69, 9.17) is 24.7 Å². The third-order valence-corrected chi connectivity index (χ3v) is 4.38. The lowest BCUT2D eigenvalue weighted by Crippen LogP contribution is -2.46. The smallest absolute Gasteiger partial charge is 0.323 e. The number of benzene rings is 1. The number of rotatable bonds is 10. The summed E-state index contributed by atoms with van der Waals surface area (Å²) >= 11 is 0. The maximum atomic E-state index is 11.4. The van der Waals surface area contributed by atoms with Crippen LogP contribution in [0, 0.1) is 5.92 Å². The van der Waals surface area contributed by atoms with Crippen LogP contribution in [-0.2, 0) is 11.2 Å². The summed E-state index contributed by atoms with van der Waals surface area (Å²) in [4.78, 5) is 11.4. The van der Waals surface area contributed by atoms with Crippen LogP contribution in [0.25, 0.3) is 0 Å². The average molecular weight is 355 g/mol. The monoisotopic (exact) mass is 355 g/mol. The van der Waals surface area contributed by atoms with Crippen molar-refractivity contribution in [3.8, 4) is 23.0 Å². The van der Waals surface area contributed by atoms with E-state index in [1.165, 1.54) is 6.92 Å². The summed E-state index contributed by atoms with van der Waals surface area (Å²) in [5.74, 6) is 1.15. The molecule has 0 aliphatic carbocycles. The molecular formula is C18H29NO6. The predicted octanol–water partition coefficient (Wildman–Crippen LogP) is 2.48. The highest BCUT2D eigenvalue weighted by Crippen LogP contribution is 2.46. The van der Waals surface area contributed by atoms with Gasteiger partial charge in [0.1, 0.15) is 5.54 Å². The molecule has 1 aromatic rings. The van der Waals surface area contributed by atoms with Crippen LogP contribution < -0.4 is 24.7 Å². The predicted molar refractivity (Wildman–Crippen MR) is 95.0 cm³/mol. The van der Waals surface area contributed by atoms with E-state index in [1.54, 1.807) is 34.5 Å². The lowest BCUT2D eigenvalue weighted by molar-refractivity contribution is -0.143. The Labute approximate surface area is 149 Å². The summed E-state index contributed by atoms with van der Waals surface area (Å²) in [6.45, 7) is 3.53. The number of carboxylic acids is 1. The van der Waals surface area contributed by atoms with Crippen molar-refractivity contribution in [3.05, 3.63) is 11.6 Å². The molecule has 0 fully saturated rings. The minimum Gasteiger partial charge on any atom is -0.493 e. The first-order chi connectivity index (χ1) is 11.7. The topological polar surface area (TPSA) is 100 Å². The Morgan fingerprint density at radius 3 is 1.92 bits per heavy atom. The van der Waals surface area contributed by atoms with Crippen molar-refractivity contribution in [2.24, 2.45) is 11.7 Å². The molecule has 0 amide bonds. The average Bonchev–Trinajstić information content (AvgIpc) is 2.59. The standard InChI is InChI=1S/C18H29NO6/c1-7-11(10-18(2,19)17(20)21)8-12-15(24-5)13(22-3)9-14(23-4)16(12)25-6/h9,11H,7-8,10,19H2,1-6H3,(H,20,21). The molecule has 7 heteroatoms. The summed E-state index contributed by atoms with van der Waals surface area (Å²) in [5.41, 5.74) is 5.40. The Morgan fingerprint density at radius 1 is 1.12 bits per heavy atom. The second kappa shape index (κ2) is 8.80. The minimum absolute atomic E-state index is 0.0192. The lowest BCUT2D eigenvalue weighted by Gasteiger charge is -2.27. The maximum Gasteiger partial charge on any atom is 0.323 e. The first-order valence-electron chi connectivity index (χ1n) is 8.13. The number of carbonyl (C=O) groups is 1. The van der Waals surface area contributed by atoms with E-state index >= 15 is 0 Å². The molecule has 142 valence electrons. The highest BCUT2D eigenvalue weighted by Gasteiger charge is 2.32. The molecule has 0 bridgehead atoms. The van der Waals surface area contributed by atoms with E-state index in [0.29, 0.717) is 35.8 Å². The lowest BCUT2D eigenvalue weighted by atomic mass is 9.84. The summed E-state index contributed by atoms with van der Waals surface area (Å²) in [6, 6.07) is 1.70. The Kier molecular flexibility index (Phi) is 7.36. The van der Waals surface area contributed by atoms with Crippen LogP contribution in [0.1, 0.15) is 32.3 Å². The molecule has 0 spiro atoms. The number of hydrogen-bond acceptors (Lipinski definition) is 6. The van der Waals surface area contributed by atoms with E-state index in [9.17, 15) is 9.90 Å². The molecule has 0 aromatic heterocycles. The van der Waals surface area contributed by atoms with E-state index in [0.717, 1.165) is 12.0 Å². The van der Waals surface area contributed by atoms with Crippen molar-refractivity contribution < 1.29 is 28.8 Å². The van der Waals surface area contributed by atoms with Crippen LogP contribution in [0.15, 0.2) is 6.07 Å². The molecule has 0 saturated carbocycles. The summed E-state index contributed by atoms with van der Waals surface area (Å²) in [7, 11) is 6.20. The Hall–Kier alpha value is -2.15. The quantitative estimate of drug-likeness (QED) is 0.665. The van der Waals surface area contributed by atoms with Crippen LogP contribution in [0.2, 0.25) is 0 Å². The normalized spacial score (nSPS) is 14.4. The molecule has 1 aromatic carbocycles. The van der Waals surface area contributed by atoms with E-state index < -0.39 is 11.5 Å². The van der Waals surface area contributed by atoms with Crippen molar-refractivity contribution in [2.45, 2.75) is 38.6 Å². The van der Waals surface area contributed by atoms with Crippen LogP contribution >= 0.6 is 0 Å². The largest absolute Gasteiger partial charge is 0.493 e. The fourth-order valence-electron chi connectivity index (χ4n) is 2.92. The van der Waals surface area contributed by atoms with Crippen molar-refractivity contribution in [3.63, 3.8) is 0 Å². The zero-order valence-corrected chi connectivity index (χ0v) is 15.8. The van der Waals surface area contributed by atoms with Gasteiger partial charge in [-0.25, -0.2) is 0 Å². The zero-order chi connectivity index (χ0) is 19.2. The van der Waals surface area contributed by atoms with Crippen molar-refractivity contribution in [2.75, 3.05) is 28.4 Å². The van der Waals surface area contributed by atoms with E-state index in [1.807, 2.05) is 6.92 Å². The van der Waals surface area contributed by atoms with Gasteiger partial charge < -0.3 is 29.8 Å². The van der Waals surface area contributed by atoms with Gasteiger partial charge in [-0.1, -0.05) is 13.3 Å². The molecule has 0 aliphatic heterocycles. The molecular weight excluding hydrogens is 326 g/mol. The second-order valence-electron chi connectivity index (χ2n) is 6.23. The Morgan fingerprint density at radius 2 is 1.60 bits per heavy atom. The molecule has 3 N–H and O–H groups in total. The van der Waals surface area contributed by atoms with Gasteiger partial charge in [-0.2, -0.15) is 0 Å². The SMILES string of the molecule is CCC(Cc1c(OC)c(OC)cc(OC)c1OC)CC(C)(N)C(=O)O. The summed E-state index contributed by atoms with van der Waals surface area (Å²) in [6.07, 6.45) is 1.60. The highest BCUT2D eigenvalue weighted by molar-refractivity contribution is 5.77. The number of methoxy groups -OCH3 is 4. The highest BCUT2D eigenvalue weighted by atomic mass is 16.5. The van der Waals surface area contributed by atoms with E-state index in [2.05, 4.69) is 0 Å². The van der Waals surface area contributed by atoms with Crippen molar-refractivity contribution >= 4 is 5.97 Å². The molecule has 0 aliphatic rings. The Bertz CT molecular complexity index is 569. The Balaban J connectivity index is 3.35. The third kappa shape index (κ3) is 4.69. The molecule has 25 heavy (non-hydrogen) atoms. The second-order valence-corrected chi connectivity index (χ2v) is 6.23. The van der Waals surface area contributed by atoms with Gasteiger partial charge in [0.05, 0.1) is 28.4 Å². The first kappa shape index (κ1) is 20.9. The molecule has 1 rings (SSSR count). The van der Waals surface area contributed by atoms with Gasteiger partial charge in [-0.3, -0.25) is 4.79 Å². The van der Waals surface area contributed by atoms with Crippen LogP contribution in [0.5, 0.6) is 23.0 Å². The molecule has 0 heterocycles. The van der Waals surface area contributed by atoms with Gasteiger partial charge in [-0.15, -0.1) is 0 Å². The summed E-state index contributed by atoms with van der Waals surface area (Å²) < 4.78 is 21.8. The van der Waals surface area contributed by atoms with Gasteiger partial charge in [0, 0.05) is 11.6 Å². The van der Waals surface area contributed by atoms with Crippen LogP contribution in [0.4, 0.5) is 0 Å². The van der Waals surface area contributed by atoms with Crippen LogP contribution in [-0.4, -0.2) is 45.1 Å². The number of carboxylic acid groups (broad SMARTS) is 1. The fraction of sp³-hybridized carbons (Fsp3) is 0.611. The minimum atomic E-state index is -1.30. The van der Waals surface area contributed by atoms with Gasteiger partial charge in [0.25, 0.3) is 0 Å². The van der Waals surface area contributed by atoms with Crippen LogP contribution in [0.3, 0.4) is 0 Å². The van der Waals surface area contributed by atoms with E-state index in [-0.39, 0.29) is 5.92 Å². The zero-order valence-electron chi connectivity index (χ0n) is 15.8.